The number of carbonyl (C=O) groups excluding carboxylic acids is 2. The maximum absolute atomic E-state index is 13.7. The second kappa shape index (κ2) is 6.22. The minimum atomic E-state index is -0.943. The minimum absolute atomic E-state index is 0.129. The van der Waals surface area contributed by atoms with E-state index >= 15 is 0 Å². The number of primary amides is 1. The van der Waals surface area contributed by atoms with Gasteiger partial charge in [-0.1, -0.05) is 23.9 Å². The highest BCUT2D eigenvalue weighted by Crippen LogP contribution is 2.23. The molecule has 2 aromatic rings. The average molecular weight is 310 g/mol. The van der Waals surface area contributed by atoms with Crippen LogP contribution < -0.4 is 16.9 Å². The summed E-state index contributed by atoms with van der Waals surface area (Å²) < 4.78 is 14.7. The van der Waals surface area contributed by atoms with Gasteiger partial charge in [0.25, 0.3) is 0 Å². The zero-order chi connectivity index (χ0) is 15.4. The molecule has 1 heterocycles. The third kappa shape index (κ3) is 3.48. The normalized spacial score (nSPS) is 10.3. The quantitative estimate of drug-likeness (QED) is 0.542. The summed E-state index contributed by atoms with van der Waals surface area (Å²) in [6.45, 7) is 0. The van der Waals surface area contributed by atoms with Gasteiger partial charge in [0.05, 0.1) is 11.3 Å². The van der Waals surface area contributed by atoms with Crippen LogP contribution >= 0.6 is 11.8 Å². The van der Waals surface area contributed by atoms with Crippen LogP contribution in [0.25, 0.3) is 11.4 Å². The largest absolute Gasteiger partial charge is 0.351 e. The van der Waals surface area contributed by atoms with Crippen molar-refractivity contribution in [1.29, 1.82) is 0 Å². The minimum Gasteiger partial charge on any atom is -0.351 e. The van der Waals surface area contributed by atoms with Crippen molar-refractivity contribution in [3.8, 4) is 11.4 Å². The van der Waals surface area contributed by atoms with Crippen molar-refractivity contribution in [3.63, 3.8) is 0 Å². The Labute approximate surface area is 122 Å². The summed E-state index contributed by atoms with van der Waals surface area (Å²) in [4.78, 5) is 21.8. The van der Waals surface area contributed by atoms with Gasteiger partial charge in [-0.25, -0.2) is 13.9 Å². The lowest BCUT2D eigenvalue weighted by Gasteiger charge is -2.04. The number of thioether (sulfide) groups is 1. The molecule has 3 amide bonds. The summed E-state index contributed by atoms with van der Waals surface area (Å²) in [5.41, 5.74) is 5.00. The van der Waals surface area contributed by atoms with Gasteiger partial charge in [-0.05, 0) is 12.1 Å². The highest BCUT2D eigenvalue weighted by Gasteiger charge is 2.16. The highest BCUT2D eigenvalue weighted by molar-refractivity contribution is 7.99. The number of nitrogen functional groups attached to an aromatic ring is 1. The van der Waals surface area contributed by atoms with Crippen molar-refractivity contribution < 1.29 is 14.0 Å². The van der Waals surface area contributed by atoms with Gasteiger partial charge in [0, 0.05) is 0 Å². The Morgan fingerprint density at radius 3 is 2.71 bits per heavy atom. The van der Waals surface area contributed by atoms with Crippen molar-refractivity contribution in [2.45, 2.75) is 5.16 Å². The predicted molar refractivity (Wildman–Crippen MR) is 74.0 cm³/mol. The molecule has 2 rings (SSSR count). The molecule has 0 bridgehead atoms. The topological polar surface area (TPSA) is 129 Å². The first-order valence-corrected chi connectivity index (χ1v) is 6.65. The van der Waals surface area contributed by atoms with E-state index in [1.54, 1.807) is 12.1 Å². The average Bonchev–Trinajstić information content (AvgIpc) is 2.77. The lowest BCUT2D eigenvalue weighted by Crippen LogP contribution is -2.36. The van der Waals surface area contributed by atoms with Crippen LogP contribution in [0.5, 0.6) is 0 Å². The molecule has 1 aromatic heterocycles. The van der Waals surface area contributed by atoms with Crippen LogP contribution in [0.4, 0.5) is 9.18 Å². The van der Waals surface area contributed by atoms with Gasteiger partial charge < -0.3 is 11.6 Å². The van der Waals surface area contributed by atoms with Crippen molar-refractivity contribution in [2.24, 2.45) is 5.73 Å². The summed E-state index contributed by atoms with van der Waals surface area (Å²) in [6, 6.07) is 5.02. The summed E-state index contributed by atoms with van der Waals surface area (Å²) in [5.74, 6) is 4.69. The maximum atomic E-state index is 13.7. The number of amides is 3. The van der Waals surface area contributed by atoms with E-state index in [2.05, 4.69) is 10.2 Å². The molecule has 0 radical (unpaired) electrons. The van der Waals surface area contributed by atoms with Gasteiger partial charge in [-0.2, -0.15) is 0 Å². The molecule has 1 aromatic carbocycles. The molecule has 0 saturated carbocycles. The fourth-order valence-corrected chi connectivity index (χ4v) is 2.16. The third-order valence-electron chi connectivity index (χ3n) is 2.37. The van der Waals surface area contributed by atoms with E-state index < -0.39 is 17.8 Å². The lowest BCUT2D eigenvalue weighted by atomic mass is 10.2. The molecule has 110 valence electrons. The Morgan fingerprint density at radius 1 is 1.33 bits per heavy atom. The molecule has 21 heavy (non-hydrogen) atoms. The Balaban J connectivity index is 2.13. The van der Waals surface area contributed by atoms with E-state index in [0.29, 0.717) is 0 Å². The van der Waals surface area contributed by atoms with E-state index in [9.17, 15) is 14.0 Å². The van der Waals surface area contributed by atoms with E-state index in [0.717, 1.165) is 16.4 Å². The van der Waals surface area contributed by atoms with Crippen LogP contribution in [0.15, 0.2) is 29.4 Å². The van der Waals surface area contributed by atoms with E-state index in [-0.39, 0.29) is 22.3 Å². The first-order valence-electron chi connectivity index (χ1n) is 5.66. The molecule has 0 aliphatic rings. The summed E-state index contributed by atoms with van der Waals surface area (Å²) >= 11 is 0.941. The van der Waals surface area contributed by atoms with Gasteiger partial charge in [0.15, 0.2) is 5.82 Å². The molecule has 5 N–H and O–H groups in total. The molecule has 10 heteroatoms. The van der Waals surface area contributed by atoms with Crippen LogP contribution in [0.1, 0.15) is 0 Å². The molecule has 8 nitrogen and oxygen atoms in total. The highest BCUT2D eigenvalue weighted by atomic mass is 32.2. The first kappa shape index (κ1) is 14.8. The number of hydrogen-bond donors (Lipinski definition) is 3. The molecule has 0 fully saturated rings. The van der Waals surface area contributed by atoms with Crippen LogP contribution in [0.3, 0.4) is 0 Å². The number of carbonyl (C=O) groups is 2. The van der Waals surface area contributed by atoms with Crippen molar-refractivity contribution in [2.75, 3.05) is 11.6 Å². The fourth-order valence-electron chi connectivity index (χ4n) is 1.51. The number of nitrogens with one attached hydrogen (secondary N) is 1. The van der Waals surface area contributed by atoms with Crippen molar-refractivity contribution in [1.82, 2.24) is 20.2 Å². The Morgan fingerprint density at radius 2 is 2.05 bits per heavy atom. The van der Waals surface area contributed by atoms with Crippen LogP contribution in [0, 0.1) is 5.82 Å². The zero-order valence-electron chi connectivity index (χ0n) is 10.6. The second-order valence-corrected chi connectivity index (χ2v) is 4.80. The van der Waals surface area contributed by atoms with Gasteiger partial charge in [0.1, 0.15) is 5.82 Å². The molecule has 0 atom stereocenters. The van der Waals surface area contributed by atoms with Crippen molar-refractivity contribution >= 4 is 23.7 Å². The number of aromatic nitrogens is 3. The Kier molecular flexibility index (Phi) is 4.38. The molecular weight excluding hydrogens is 299 g/mol. The number of halogens is 1. The van der Waals surface area contributed by atoms with E-state index in [1.807, 2.05) is 5.32 Å². The van der Waals surface area contributed by atoms with Gasteiger partial charge >= 0.3 is 6.03 Å². The van der Waals surface area contributed by atoms with E-state index in [1.165, 1.54) is 12.1 Å². The molecule has 0 unspecified atom stereocenters. The molecule has 0 aliphatic heterocycles. The van der Waals surface area contributed by atoms with Crippen molar-refractivity contribution in [3.05, 3.63) is 30.1 Å². The molecule has 0 saturated heterocycles. The van der Waals surface area contributed by atoms with Crippen LogP contribution in [0.2, 0.25) is 0 Å². The molecule has 0 spiro atoms. The maximum Gasteiger partial charge on any atom is 0.318 e. The molecular formula is C11H11FN6O2S. The summed E-state index contributed by atoms with van der Waals surface area (Å²) in [6.07, 6.45) is 0. The number of benzene rings is 1. The zero-order valence-corrected chi connectivity index (χ0v) is 11.4. The van der Waals surface area contributed by atoms with Gasteiger partial charge in [0.2, 0.25) is 11.1 Å². The Bertz CT molecular complexity index is 689. The van der Waals surface area contributed by atoms with Gasteiger partial charge in [-0.15, -0.1) is 10.2 Å². The smallest absolute Gasteiger partial charge is 0.318 e. The number of hydrogen-bond acceptors (Lipinski definition) is 6. The standard InChI is InChI=1S/C11H11FN6O2S/c12-7-4-2-1-3-6(7)9-16-17-11(18(9)14)21-5-8(19)15-10(13)20/h1-4H,5,14H2,(H3,13,15,19,20). The Hall–Kier alpha value is -2.62. The van der Waals surface area contributed by atoms with Crippen LogP contribution in [-0.4, -0.2) is 32.6 Å². The number of rotatable bonds is 4. The van der Waals surface area contributed by atoms with Gasteiger partial charge in [-0.3, -0.25) is 10.1 Å². The lowest BCUT2D eigenvalue weighted by molar-refractivity contribution is -0.117. The van der Waals surface area contributed by atoms with Crippen LogP contribution in [-0.2, 0) is 4.79 Å². The summed E-state index contributed by atoms with van der Waals surface area (Å²) in [5, 5.41) is 9.66. The summed E-state index contributed by atoms with van der Waals surface area (Å²) in [7, 11) is 0. The predicted octanol–water partition coefficient (Wildman–Crippen LogP) is 0.0850. The molecule has 0 aliphatic carbocycles. The SMILES string of the molecule is NC(=O)NC(=O)CSc1nnc(-c2ccccc2F)n1N. The van der Waals surface area contributed by atoms with E-state index in [4.69, 9.17) is 11.6 Å². The third-order valence-corrected chi connectivity index (χ3v) is 3.32. The number of nitrogens with two attached hydrogens (primary N) is 2. The number of imide groups is 1. The second-order valence-electron chi connectivity index (χ2n) is 3.86. The monoisotopic (exact) mass is 310 g/mol. The number of nitrogens with zero attached hydrogens (tertiary/aromatic N) is 3. The number of urea groups is 1. The first-order chi connectivity index (χ1) is 9.99. The fraction of sp³-hybridized carbons (Fsp3) is 0.0909.